The van der Waals surface area contributed by atoms with Crippen molar-refractivity contribution in [2.45, 2.75) is 43.6 Å². The Bertz CT molecular complexity index is 460. The molecule has 2 atom stereocenters. The first kappa shape index (κ1) is 12.9. The Morgan fingerprint density at radius 3 is 2.74 bits per heavy atom. The average molecular weight is 261 g/mol. The lowest BCUT2D eigenvalue weighted by Gasteiger charge is -2.24. The summed E-state index contributed by atoms with van der Waals surface area (Å²) >= 11 is 0. The van der Waals surface area contributed by atoms with E-state index in [4.69, 9.17) is 15.2 Å². The normalized spacial score (nSPS) is 26.2. The lowest BCUT2D eigenvalue weighted by Crippen LogP contribution is -2.32. The highest BCUT2D eigenvalue weighted by atomic mass is 16.5. The summed E-state index contributed by atoms with van der Waals surface area (Å²) in [5.41, 5.74) is 9.03. The van der Waals surface area contributed by atoms with Crippen LogP contribution in [0, 0.1) is 0 Å². The fraction of sp³-hybridized carbons (Fsp3) is 0.625. The molecule has 2 fully saturated rings. The summed E-state index contributed by atoms with van der Waals surface area (Å²) in [6.07, 6.45) is 3.47. The molecule has 1 aromatic rings. The quantitative estimate of drug-likeness (QED) is 0.906. The first-order chi connectivity index (χ1) is 9.17. The van der Waals surface area contributed by atoms with Gasteiger partial charge in [-0.3, -0.25) is 0 Å². The Labute approximate surface area is 115 Å². The second-order valence-electron chi connectivity index (χ2n) is 5.97. The van der Waals surface area contributed by atoms with Crippen LogP contribution in [0.5, 0.6) is 5.75 Å². The van der Waals surface area contributed by atoms with Crippen LogP contribution in [-0.4, -0.2) is 26.4 Å². The fourth-order valence-electron chi connectivity index (χ4n) is 3.27. The second-order valence-corrected chi connectivity index (χ2v) is 5.97. The summed E-state index contributed by atoms with van der Waals surface area (Å²) in [4.78, 5) is 0. The molecule has 0 aromatic heterocycles. The predicted octanol–water partition coefficient (Wildman–Crippen LogP) is 2.58. The molecule has 3 nitrogen and oxygen atoms in total. The Hall–Kier alpha value is -1.06. The molecule has 0 amide bonds. The van der Waals surface area contributed by atoms with E-state index < -0.39 is 0 Å². The van der Waals surface area contributed by atoms with Crippen molar-refractivity contribution in [2.75, 3.05) is 20.3 Å². The summed E-state index contributed by atoms with van der Waals surface area (Å²) in [5, 5.41) is 0. The zero-order valence-corrected chi connectivity index (χ0v) is 11.8. The summed E-state index contributed by atoms with van der Waals surface area (Å²) < 4.78 is 11.1. The molecule has 1 heterocycles. The van der Waals surface area contributed by atoms with Crippen molar-refractivity contribution in [1.82, 2.24) is 0 Å². The van der Waals surface area contributed by atoms with E-state index in [9.17, 15) is 0 Å². The van der Waals surface area contributed by atoms with Crippen molar-refractivity contribution >= 4 is 0 Å². The summed E-state index contributed by atoms with van der Waals surface area (Å²) in [5.74, 6) is 1.52. The maximum atomic E-state index is 6.21. The highest BCUT2D eigenvalue weighted by Crippen LogP contribution is 2.53. The summed E-state index contributed by atoms with van der Waals surface area (Å²) in [6, 6.07) is 6.77. The van der Waals surface area contributed by atoms with Crippen molar-refractivity contribution in [3.63, 3.8) is 0 Å². The molecule has 104 valence electrons. The largest absolute Gasteiger partial charge is 0.496 e. The van der Waals surface area contributed by atoms with Gasteiger partial charge in [-0.25, -0.2) is 0 Å². The SMILES string of the molecule is COc1ccc(C2CCOC2)cc1C1(C(C)N)CC1. The van der Waals surface area contributed by atoms with Gasteiger partial charge in [0.2, 0.25) is 0 Å². The van der Waals surface area contributed by atoms with E-state index in [-0.39, 0.29) is 11.5 Å². The minimum atomic E-state index is 0.140. The molecule has 1 saturated heterocycles. The van der Waals surface area contributed by atoms with E-state index in [1.807, 2.05) is 0 Å². The van der Waals surface area contributed by atoms with Crippen LogP contribution in [-0.2, 0) is 10.2 Å². The van der Waals surface area contributed by atoms with E-state index in [0.29, 0.717) is 5.92 Å². The third-order valence-corrected chi connectivity index (χ3v) is 4.82. The minimum Gasteiger partial charge on any atom is -0.496 e. The fourth-order valence-corrected chi connectivity index (χ4v) is 3.27. The molecule has 1 saturated carbocycles. The number of benzene rings is 1. The molecule has 0 radical (unpaired) electrons. The monoisotopic (exact) mass is 261 g/mol. The average Bonchev–Trinajstić information content (AvgIpc) is 3.06. The third kappa shape index (κ3) is 2.15. The van der Waals surface area contributed by atoms with Gasteiger partial charge in [-0.2, -0.15) is 0 Å². The van der Waals surface area contributed by atoms with Crippen molar-refractivity contribution < 1.29 is 9.47 Å². The van der Waals surface area contributed by atoms with E-state index in [1.54, 1.807) is 7.11 Å². The van der Waals surface area contributed by atoms with E-state index >= 15 is 0 Å². The smallest absolute Gasteiger partial charge is 0.122 e. The molecule has 0 spiro atoms. The molecule has 2 unspecified atom stereocenters. The zero-order valence-electron chi connectivity index (χ0n) is 11.8. The van der Waals surface area contributed by atoms with E-state index in [2.05, 4.69) is 25.1 Å². The van der Waals surface area contributed by atoms with Gasteiger partial charge in [-0.05, 0) is 37.8 Å². The van der Waals surface area contributed by atoms with Crippen LogP contribution in [0.3, 0.4) is 0 Å². The Morgan fingerprint density at radius 1 is 1.42 bits per heavy atom. The lowest BCUT2D eigenvalue weighted by atomic mass is 9.85. The van der Waals surface area contributed by atoms with E-state index in [1.165, 1.54) is 24.0 Å². The van der Waals surface area contributed by atoms with Crippen LogP contribution in [0.1, 0.15) is 43.2 Å². The maximum Gasteiger partial charge on any atom is 0.122 e. The molecular weight excluding hydrogens is 238 g/mol. The molecule has 19 heavy (non-hydrogen) atoms. The third-order valence-electron chi connectivity index (χ3n) is 4.82. The number of hydrogen-bond donors (Lipinski definition) is 1. The maximum absolute atomic E-state index is 6.21. The summed E-state index contributed by atoms with van der Waals surface area (Å²) in [7, 11) is 1.74. The van der Waals surface area contributed by atoms with Crippen molar-refractivity contribution in [1.29, 1.82) is 0 Å². The molecule has 1 aliphatic heterocycles. The topological polar surface area (TPSA) is 44.5 Å². The molecular formula is C16H23NO2. The predicted molar refractivity (Wildman–Crippen MR) is 75.7 cm³/mol. The number of hydrogen-bond acceptors (Lipinski definition) is 3. The number of methoxy groups -OCH3 is 1. The molecule has 1 aromatic carbocycles. The lowest BCUT2D eigenvalue weighted by molar-refractivity contribution is 0.194. The second kappa shape index (κ2) is 4.80. The van der Waals surface area contributed by atoms with Gasteiger partial charge in [0.25, 0.3) is 0 Å². The van der Waals surface area contributed by atoms with Gasteiger partial charge in [0.15, 0.2) is 0 Å². The standard InChI is InChI=1S/C16H23NO2/c1-11(17)16(6-7-16)14-9-12(3-4-15(14)18-2)13-5-8-19-10-13/h3-4,9,11,13H,5-8,10,17H2,1-2H3. The minimum absolute atomic E-state index is 0.140. The number of rotatable bonds is 4. The van der Waals surface area contributed by atoms with Crippen LogP contribution in [0.2, 0.25) is 0 Å². The van der Waals surface area contributed by atoms with E-state index in [0.717, 1.165) is 25.4 Å². The van der Waals surface area contributed by atoms with Crippen LogP contribution < -0.4 is 10.5 Å². The van der Waals surface area contributed by atoms with Crippen molar-refractivity contribution in [2.24, 2.45) is 5.73 Å². The number of nitrogens with two attached hydrogens (primary N) is 1. The van der Waals surface area contributed by atoms with Gasteiger partial charge >= 0.3 is 0 Å². The van der Waals surface area contributed by atoms with Crippen molar-refractivity contribution in [3.05, 3.63) is 29.3 Å². The molecule has 3 heteroatoms. The molecule has 1 aliphatic carbocycles. The van der Waals surface area contributed by atoms with Crippen LogP contribution in [0.15, 0.2) is 18.2 Å². The first-order valence-electron chi connectivity index (χ1n) is 7.19. The van der Waals surface area contributed by atoms with Gasteiger partial charge in [0, 0.05) is 29.5 Å². The Kier molecular flexibility index (Phi) is 3.27. The molecule has 2 N–H and O–H groups in total. The zero-order chi connectivity index (χ0) is 13.5. The highest BCUT2D eigenvalue weighted by Gasteiger charge is 2.49. The van der Waals surface area contributed by atoms with Gasteiger partial charge in [0.1, 0.15) is 5.75 Å². The van der Waals surface area contributed by atoms with Gasteiger partial charge in [-0.1, -0.05) is 12.1 Å². The first-order valence-corrected chi connectivity index (χ1v) is 7.19. The van der Waals surface area contributed by atoms with Crippen LogP contribution in [0.25, 0.3) is 0 Å². The van der Waals surface area contributed by atoms with Gasteiger partial charge in [-0.15, -0.1) is 0 Å². The Balaban J connectivity index is 1.98. The number of ether oxygens (including phenoxy) is 2. The van der Waals surface area contributed by atoms with Crippen LogP contribution in [0.4, 0.5) is 0 Å². The highest BCUT2D eigenvalue weighted by molar-refractivity contribution is 5.47. The molecule has 2 aliphatic rings. The van der Waals surface area contributed by atoms with Crippen LogP contribution >= 0.6 is 0 Å². The summed E-state index contributed by atoms with van der Waals surface area (Å²) in [6.45, 7) is 3.83. The van der Waals surface area contributed by atoms with Gasteiger partial charge < -0.3 is 15.2 Å². The Morgan fingerprint density at radius 2 is 2.21 bits per heavy atom. The van der Waals surface area contributed by atoms with Gasteiger partial charge in [0.05, 0.1) is 13.7 Å². The molecule has 3 rings (SSSR count). The van der Waals surface area contributed by atoms with Crippen molar-refractivity contribution in [3.8, 4) is 5.75 Å². The molecule has 0 bridgehead atoms.